The molecule has 2 aromatic heterocycles. The lowest BCUT2D eigenvalue weighted by molar-refractivity contribution is -0.133. The highest BCUT2D eigenvalue weighted by Crippen LogP contribution is 2.24. The summed E-state index contributed by atoms with van der Waals surface area (Å²) in [5, 5.41) is 8.38. The van der Waals surface area contributed by atoms with Crippen molar-refractivity contribution in [2.45, 2.75) is 36.8 Å². The van der Waals surface area contributed by atoms with Gasteiger partial charge in [-0.25, -0.2) is 4.39 Å². The van der Waals surface area contributed by atoms with Gasteiger partial charge in [-0.1, -0.05) is 71.9 Å². The monoisotopic (exact) mass is 763 g/mol. The Morgan fingerprint density at radius 1 is 0.962 bits per heavy atom. The Labute approximate surface area is 317 Å². The normalized spacial score (nSPS) is 12.8. The Morgan fingerprint density at radius 3 is 2.33 bits per heavy atom. The Kier molecular flexibility index (Phi) is 13.6. The second-order valence-corrected chi connectivity index (χ2v) is 13.9. The van der Waals surface area contributed by atoms with E-state index in [4.69, 9.17) is 11.6 Å². The molecule has 10 nitrogen and oxygen atoms in total. The number of nitrogens with one attached hydrogen (secondary N) is 1. The van der Waals surface area contributed by atoms with Crippen LogP contribution in [0.3, 0.4) is 0 Å². The van der Waals surface area contributed by atoms with Crippen LogP contribution < -0.4 is 10.9 Å². The maximum atomic E-state index is 14.2. The summed E-state index contributed by atoms with van der Waals surface area (Å²) < 4.78 is 17.0. The summed E-state index contributed by atoms with van der Waals surface area (Å²) in [6.07, 6.45) is 6.19. The molecule has 1 aliphatic heterocycles. The van der Waals surface area contributed by atoms with Crippen molar-refractivity contribution < 1.29 is 14.0 Å². The predicted molar refractivity (Wildman–Crippen MR) is 204 cm³/mol. The minimum absolute atomic E-state index is 0. The molecule has 1 N–H and O–H groups in total. The fourth-order valence-corrected chi connectivity index (χ4v) is 6.97. The van der Waals surface area contributed by atoms with Crippen molar-refractivity contribution in [2.24, 2.45) is 7.05 Å². The van der Waals surface area contributed by atoms with Gasteiger partial charge in [-0.3, -0.25) is 19.1 Å². The van der Waals surface area contributed by atoms with E-state index in [9.17, 15) is 18.8 Å². The van der Waals surface area contributed by atoms with Gasteiger partial charge in [0, 0.05) is 74.9 Å². The van der Waals surface area contributed by atoms with E-state index < -0.39 is 0 Å². The summed E-state index contributed by atoms with van der Waals surface area (Å²) >= 11 is 7.40. The van der Waals surface area contributed by atoms with E-state index >= 15 is 0 Å². The number of hydrogen-bond acceptors (Lipinski definition) is 7. The molecule has 1 fully saturated rings. The number of aryl methyl sites for hydroxylation is 1. The molecule has 0 unspecified atom stereocenters. The molecule has 6 rings (SSSR count). The zero-order chi connectivity index (χ0) is 35.7. The maximum Gasteiger partial charge on any atom is 0.277 e. The lowest BCUT2D eigenvalue weighted by Gasteiger charge is -2.29. The van der Waals surface area contributed by atoms with Gasteiger partial charge < -0.3 is 19.7 Å². The second-order valence-electron chi connectivity index (χ2n) is 12.5. The van der Waals surface area contributed by atoms with Crippen LogP contribution in [-0.4, -0.2) is 73.7 Å². The first-order chi connectivity index (χ1) is 24.7. The fourth-order valence-electron chi connectivity index (χ4n) is 5.92. The Morgan fingerprint density at radius 2 is 1.65 bits per heavy atom. The van der Waals surface area contributed by atoms with E-state index in [-0.39, 0.29) is 42.1 Å². The Balaban J connectivity index is 0.00000523. The molecule has 0 aliphatic carbocycles. The van der Waals surface area contributed by atoms with Crippen LogP contribution >= 0.6 is 35.8 Å². The summed E-state index contributed by atoms with van der Waals surface area (Å²) in [6, 6.07) is 21.9. The molecule has 0 atom stereocenters. The molecule has 272 valence electrons. The Hall–Kier alpha value is -4.49. The number of piperazine rings is 1. The van der Waals surface area contributed by atoms with Gasteiger partial charge in [0.05, 0.1) is 12.7 Å². The maximum absolute atomic E-state index is 14.2. The van der Waals surface area contributed by atoms with Gasteiger partial charge in [-0.2, -0.15) is 10.1 Å². The first kappa shape index (κ1) is 38.7. The lowest BCUT2D eigenvalue weighted by atomic mass is 10.0. The molecule has 0 spiro atoms. The molecule has 5 aromatic rings. The quantitative estimate of drug-likeness (QED) is 0.116. The highest BCUT2D eigenvalue weighted by Gasteiger charge is 2.21. The third kappa shape index (κ3) is 10.5. The van der Waals surface area contributed by atoms with Crippen LogP contribution in [0.1, 0.15) is 28.7 Å². The van der Waals surface area contributed by atoms with Crippen LogP contribution in [0.4, 0.5) is 4.39 Å². The molecule has 0 radical (unpaired) electrons. The van der Waals surface area contributed by atoms with Crippen LogP contribution in [0.25, 0.3) is 11.1 Å². The standard InChI is InChI=1S/C38H39ClFN7O3S.ClH/c1-44-22-29(20-42-44)19-32-24-47(38(43-37(32)50)51-26-28-5-13-34(40)14-6-28)25-36(49)46(17-2-16-45-18-15-41-21-35(45)48)23-27-3-7-30(8-4-27)31-9-11-33(39)12-10-31;/h3-14,20,22,24,41H,2,15-19,21,23,25-26H2,1H3;1H. The number of rotatable bonds is 14. The van der Waals surface area contributed by atoms with Crippen molar-refractivity contribution in [3.05, 3.63) is 135 Å². The number of benzene rings is 3. The van der Waals surface area contributed by atoms with E-state index in [0.717, 1.165) is 34.4 Å². The number of carbonyl (C=O) groups excluding carboxylic acids is 2. The van der Waals surface area contributed by atoms with Crippen molar-refractivity contribution in [1.29, 1.82) is 0 Å². The number of hydrogen-bond donors (Lipinski definition) is 1. The van der Waals surface area contributed by atoms with Crippen LogP contribution in [0, 0.1) is 5.82 Å². The SMILES string of the molecule is Cl.Cn1cc(Cc2cn(CC(=O)N(CCCN3CCNCC3=O)Cc3ccc(-c4ccc(Cl)cc4)cc3)c(SCc3ccc(F)cc3)nc2=O)cn1. The van der Waals surface area contributed by atoms with E-state index in [0.29, 0.717) is 67.1 Å². The average Bonchev–Trinajstić information content (AvgIpc) is 3.54. The third-order valence-corrected chi connectivity index (χ3v) is 9.98. The van der Waals surface area contributed by atoms with E-state index in [1.165, 1.54) is 23.9 Å². The summed E-state index contributed by atoms with van der Waals surface area (Å²) in [5.41, 5.74) is 4.82. The van der Waals surface area contributed by atoms with Gasteiger partial charge in [0.2, 0.25) is 11.8 Å². The number of thioether (sulfide) groups is 1. The Bertz CT molecular complexity index is 2020. The number of halogens is 3. The molecule has 1 saturated heterocycles. The summed E-state index contributed by atoms with van der Waals surface area (Å²) in [4.78, 5) is 48.0. The summed E-state index contributed by atoms with van der Waals surface area (Å²) in [6.45, 7) is 3.00. The van der Waals surface area contributed by atoms with Crippen LogP contribution in [0.15, 0.2) is 101 Å². The summed E-state index contributed by atoms with van der Waals surface area (Å²) in [7, 11) is 1.81. The predicted octanol–water partition coefficient (Wildman–Crippen LogP) is 5.59. The molecule has 1 aliphatic rings. The minimum Gasteiger partial charge on any atom is -0.340 e. The first-order valence-electron chi connectivity index (χ1n) is 16.8. The van der Waals surface area contributed by atoms with E-state index in [1.54, 1.807) is 38.7 Å². The fraction of sp³-hybridized carbons (Fsp3) is 0.289. The van der Waals surface area contributed by atoms with Gasteiger partial charge in [0.1, 0.15) is 12.4 Å². The highest BCUT2D eigenvalue weighted by molar-refractivity contribution is 7.98. The van der Waals surface area contributed by atoms with Crippen molar-refractivity contribution in [1.82, 2.24) is 34.4 Å². The average molecular weight is 765 g/mol. The molecule has 3 aromatic carbocycles. The number of amides is 2. The zero-order valence-electron chi connectivity index (χ0n) is 28.7. The lowest BCUT2D eigenvalue weighted by Crippen LogP contribution is -2.48. The van der Waals surface area contributed by atoms with Crippen molar-refractivity contribution in [3.63, 3.8) is 0 Å². The molecule has 3 heterocycles. The van der Waals surface area contributed by atoms with E-state index in [1.807, 2.05) is 66.7 Å². The summed E-state index contributed by atoms with van der Waals surface area (Å²) in [5.74, 6) is 0.0147. The molecule has 14 heteroatoms. The molecular weight excluding hydrogens is 724 g/mol. The van der Waals surface area contributed by atoms with Crippen molar-refractivity contribution >= 4 is 47.6 Å². The molecular formula is C38H40Cl2FN7O3S. The number of nitrogens with zero attached hydrogens (tertiary/aromatic N) is 6. The van der Waals surface area contributed by atoms with Gasteiger partial charge in [0.25, 0.3) is 5.56 Å². The highest BCUT2D eigenvalue weighted by atomic mass is 35.5. The minimum atomic E-state index is -0.373. The largest absolute Gasteiger partial charge is 0.340 e. The van der Waals surface area contributed by atoms with Gasteiger partial charge in [0.15, 0.2) is 5.16 Å². The van der Waals surface area contributed by atoms with Crippen molar-refractivity contribution in [3.8, 4) is 11.1 Å². The smallest absolute Gasteiger partial charge is 0.277 e. The molecule has 0 saturated carbocycles. The molecule has 0 bridgehead atoms. The second kappa shape index (κ2) is 18.3. The molecule has 2 amide bonds. The van der Waals surface area contributed by atoms with Gasteiger partial charge in [-0.15, -0.1) is 12.4 Å². The third-order valence-electron chi connectivity index (χ3n) is 8.67. The number of carbonyl (C=O) groups is 2. The van der Waals surface area contributed by atoms with Gasteiger partial charge in [-0.05, 0) is 58.5 Å². The zero-order valence-corrected chi connectivity index (χ0v) is 31.1. The molecule has 52 heavy (non-hydrogen) atoms. The van der Waals surface area contributed by atoms with Crippen molar-refractivity contribution in [2.75, 3.05) is 32.7 Å². The van der Waals surface area contributed by atoms with Crippen LogP contribution in [0.2, 0.25) is 5.02 Å². The van der Waals surface area contributed by atoms with Crippen LogP contribution in [-0.2, 0) is 41.9 Å². The number of aromatic nitrogens is 4. The topological polar surface area (TPSA) is 105 Å². The van der Waals surface area contributed by atoms with Crippen LogP contribution in [0.5, 0.6) is 0 Å². The first-order valence-corrected chi connectivity index (χ1v) is 18.1. The van der Waals surface area contributed by atoms with Gasteiger partial charge >= 0.3 is 0 Å². The van der Waals surface area contributed by atoms with E-state index in [2.05, 4.69) is 15.4 Å².